The van der Waals surface area contributed by atoms with Gasteiger partial charge in [0.2, 0.25) is 0 Å². The van der Waals surface area contributed by atoms with Crippen molar-refractivity contribution in [3.05, 3.63) is 211 Å². The fraction of sp³-hybridized carbons (Fsp3) is 0.182. The molecule has 4 heterocycles. The van der Waals surface area contributed by atoms with Crippen molar-refractivity contribution in [2.45, 2.75) is 78.6 Å². The highest BCUT2D eigenvalue weighted by molar-refractivity contribution is 6.09. The third-order valence-electron chi connectivity index (χ3n) is 14.4. The molecule has 0 saturated heterocycles. The van der Waals surface area contributed by atoms with E-state index in [1.807, 2.05) is 12.3 Å². The first-order valence-electron chi connectivity index (χ1n) is 24.9. The van der Waals surface area contributed by atoms with Gasteiger partial charge >= 0.3 is 0 Å². The van der Waals surface area contributed by atoms with Crippen molar-refractivity contribution in [1.82, 2.24) is 14.1 Å². The van der Waals surface area contributed by atoms with E-state index in [0.29, 0.717) is 0 Å². The smallest absolute Gasteiger partial charge is 0.269 e. The Morgan fingerprint density at radius 3 is 1.76 bits per heavy atom. The largest absolute Gasteiger partial charge is 0.458 e. The average Bonchev–Trinajstić information content (AvgIpc) is 3.92. The quantitative estimate of drug-likeness (QED) is 0.127. The Morgan fingerprint density at radius 1 is 0.451 bits per heavy atom. The van der Waals surface area contributed by atoms with E-state index in [0.717, 1.165) is 67.3 Å². The normalized spacial score (nSPS) is 12.6. The van der Waals surface area contributed by atoms with Gasteiger partial charge in [0.15, 0.2) is 0 Å². The number of hydrogen-bond acceptors (Lipinski definition) is 2. The molecule has 1 aliphatic rings. The molecule has 5 heteroatoms. The number of para-hydroxylation sites is 2. The van der Waals surface area contributed by atoms with Gasteiger partial charge in [-0.25, -0.2) is 4.98 Å². The highest BCUT2D eigenvalue weighted by atomic mass is 16.5. The molecule has 1 aliphatic heterocycles. The number of ether oxygens (including phenoxy) is 1. The van der Waals surface area contributed by atoms with E-state index >= 15 is 0 Å². The summed E-state index contributed by atoms with van der Waals surface area (Å²) in [6, 6.07) is 66.2. The van der Waals surface area contributed by atoms with Crippen molar-refractivity contribution in [2.75, 3.05) is 0 Å². The van der Waals surface area contributed by atoms with Crippen molar-refractivity contribution in [3.8, 4) is 73.2 Å². The second-order valence-electron chi connectivity index (χ2n) is 22.3. The molecule has 0 fully saturated rings. The van der Waals surface area contributed by atoms with E-state index in [4.69, 9.17) is 9.72 Å². The summed E-state index contributed by atoms with van der Waals surface area (Å²) in [4.78, 5) is 4.91. The van der Waals surface area contributed by atoms with Crippen molar-refractivity contribution in [1.29, 1.82) is 0 Å². The van der Waals surface area contributed by atoms with Gasteiger partial charge in [0.05, 0.1) is 33.4 Å². The molecule has 11 aromatic rings. The first kappa shape index (κ1) is 44.2. The van der Waals surface area contributed by atoms with Gasteiger partial charge in [-0.2, -0.15) is 0 Å². The number of nitrogens with zero attached hydrogens (tertiary/aromatic N) is 4. The number of hydrogen-bond donors (Lipinski definition) is 0. The van der Waals surface area contributed by atoms with E-state index in [1.165, 1.54) is 55.5 Å². The summed E-state index contributed by atoms with van der Waals surface area (Å²) in [5.74, 6) is 2.36. The van der Waals surface area contributed by atoms with E-state index in [1.54, 1.807) is 0 Å². The van der Waals surface area contributed by atoms with E-state index in [9.17, 15) is 0 Å². The summed E-state index contributed by atoms with van der Waals surface area (Å²) in [7, 11) is 0. The predicted molar refractivity (Wildman–Crippen MR) is 294 cm³/mol. The van der Waals surface area contributed by atoms with Crippen LogP contribution in [0, 0.1) is 6.33 Å². The minimum absolute atomic E-state index is 0.0223. The van der Waals surface area contributed by atoms with Crippen LogP contribution in [-0.4, -0.2) is 14.1 Å². The van der Waals surface area contributed by atoms with Gasteiger partial charge in [-0.05, 0) is 132 Å². The molecule has 0 atom stereocenters. The van der Waals surface area contributed by atoms with Gasteiger partial charge in [-0.15, -0.1) is 0 Å². The molecule has 12 rings (SSSR count). The minimum atomic E-state index is -0.151. The molecule has 0 saturated carbocycles. The molecule has 0 spiro atoms. The third-order valence-corrected chi connectivity index (χ3v) is 14.4. The maximum atomic E-state index is 6.86. The number of rotatable bonds is 5. The number of aromatic nitrogens is 4. The Labute approximate surface area is 417 Å². The minimum Gasteiger partial charge on any atom is -0.458 e. The summed E-state index contributed by atoms with van der Waals surface area (Å²) in [6.07, 6.45) is 5.89. The molecular formula is C66H58N4O. The number of fused-ring (bicyclic) bond motifs is 10. The lowest BCUT2D eigenvalue weighted by atomic mass is 9.78. The Hall–Kier alpha value is -8.02. The van der Waals surface area contributed by atoms with Gasteiger partial charge in [0.25, 0.3) is 6.33 Å². The van der Waals surface area contributed by atoms with Crippen LogP contribution in [0.1, 0.15) is 79.0 Å². The van der Waals surface area contributed by atoms with Crippen LogP contribution < -0.4 is 9.30 Å². The first-order chi connectivity index (χ1) is 34.1. The molecule has 3 aromatic heterocycles. The third kappa shape index (κ3) is 7.54. The van der Waals surface area contributed by atoms with Crippen LogP contribution in [0.4, 0.5) is 0 Å². The second kappa shape index (κ2) is 16.3. The molecule has 0 amide bonds. The van der Waals surface area contributed by atoms with Crippen LogP contribution in [0.3, 0.4) is 0 Å². The maximum Gasteiger partial charge on any atom is 0.269 e. The Morgan fingerprint density at radius 2 is 1.06 bits per heavy atom. The standard InChI is InChI=1S/C66H58N4O/c1-64(2,3)43-30-28-42(29-31-43)55-40-60-56(39-57(55)66(7,8)9)51-23-13-11-21-49(51)48-20-10-12-22-50(48)54-25-17-27-59-63(54)69(60)41-68(59)45-18-16-19-46(37-45)71-47-32-33-53-52-24-14-15-26-58(52)70(61(53)38-47)62-36-44(34-35-67-62)65(4,5)6/h10-40H,1-9H3. The SMILES string of the molecule is CC(C)(C)c1ccc(-c2cc3c(cc2C(C)(C)C)-c2ccccc2-c2ccccc2-c2cccc4c2[n+]-3[c-]n4-c2cccc(Oc3ccc4c5ccccc5n(-c5cc(C(C)(C)C)ccn5)c4c3)c2)cc1. The van der Waals surface area contributed by atoms with Gasteiger partial charge in [-0.3, -0.25) is 13.7 Å². The number of imidazole rings is 1. The van der Waals surface area contributed by atoms with Crippen LogP contribution in [0.5, 0.6) is 11.5 Å². The summed E-state index contributed by atoms with van der Waals surface area (Å²) in [6.45, 7) is 20.5. The highest BCUT2D eigenvalue weighted by Gasteiger charge is 2.29. The second-order valence-corrected chi connectivity index (χ2v) is 22.3. The molecule has 348 valence electrons. The predicted octanol–water partition coefficient (Wildman–Crippen LogP) is 16.9. The van der Waals surface area contributed by atoms with Crippen LogP contribution in [0.2, 0.25) is 0 Å². The first-order valence-corrected chi connectivity index (χ1v) is 24.9. The lowest BCUT2D eigenvalue weighted by Crippen LogP contribution is -2.31. The monoisotopic (exact) mass is 922 g/mol. The lowest BCUT2D eigenvalue weighted by Gasteiger charge is -2.27. The number of benzene rings is 8. The fourth-order valence-electron chi connectivity index (χ4n) is 10.7. The summed E-state index contributed by atoms with van der Waals surface area (Å²) >= 11 is 0. The van der Waals surface area contributed by atoms with Crippen LogP contribution >= 0.6 is 0 Å². The van der Waals surface area contributed by atoms with Crippen molar-refractivity contribution >= 4 is 32.8 Å². The summed E-state index contributed by atoms with van der Waals surface area (Å²) in [5, 5.41) is 2.32. The van der Waals surface area contributed by atoms with Gasteiger partial charge < -0.3 is 4.74 Å². The highest BCUT2D eigenvalue weighted by Crippen LogP contribution is 2.46. The molecule has 0 unspecified atom stereocenters. The Bertz CT molecular complexity index is 3900. The van der Waals surface area contributed by atoms with E-state index < -0.39 is 0 Å². The van der Waals surface area contributed by atoms with Crippen molar-refractivity contribution < 1.29 is 9.30 Å². The molecule has 0 bridgehead atoms. The topological polar surface area (TPSA) is 35.9 Å². The Kier molecular flexibility index (Phi) is 10.1. The zero-order valence-electron chi connectivity index (χ0n) is 42.1. The van der Waals surface area contributed by atoms with Gasteiger partial charge in [-0.1, -0.05) is 184 Å². The van der Waals surface area contributed by atoms with Gasteiger partial charge in [0.1, 0.15) is 17.3 Å². The average molecular weight is 923 g/mol. The zero-order valence-corrected chi connectivity index (χ0v) is 42.1. The van der Waals surface area contributed by atoms with Crippen molar-refractivity contribution in [2.24, 2.45) is 0 Å². The van der Waals surface area contributed by atoms with E-state index in [-0.39, 0.29) is 16.2 Å². The number of pyridine rings is 1. The molecule has 0 radical (unpaired) electrons. The summed E-state index contributed by atoms with van der Waals surface area (Å²) < 4.78 is 13.7. The fourth-order valence-corrected chi connectivity index (χ4v) is 10.7. The molecule has 71 heavy (non-hydrogen) atoms. The molecule has 0 N–H and O–H groups in total. The maximum absolute atomic E-state index is 6.86. The van der Waals surface area contributed by atoms with Crippen LogP contribution in [0.25, 0.3) is 94.5 Å². The zero-order chi connectivity index (χ0) is 49.0. The van der Waals surface area contributed by atoms with E-state index in [2.05, 4.69) is 258 Å². The lowest BCUT2D eigenvalue weighted by molar-refractivity contribution is -0.571. The molecule has 0 aliphatic carbocycles. The summed E-state index contributed by atoms with van der Waals surface area (Å²) in [5.41, 5.74) is 19.5. The Balaban J connectivity index is 1.05. The van der Waals surface area contributed by atoms with Crippen molar-refractivity contribution in [3.63, 3.8) is 0 Å². The molecule has 5 nitrogen and oxygen atoms in total. The van der Waals surface area contributed by atoms with Crippen LogP contribution in [0.15, 0.2) is 188 Å². The molecule has 8 aromatic carbocycles. The van der Waals surface area contributed by atoms with Gasteiger partial charge in [0, 0.05) is 23.0 Å². The van der Waals surface area contributed by atoms with Crippen LogP contribution in [-0.2, 0) is 16.2 Å². The molecular weight excluding hydrogens is 865 g/mol.